The lowest BCUT2D eigenvalue weighted by Gasteiger charge is -2.38. The standard InChI is InChI=1S/C21H22N2O3/c1-2-20(25)22-16-11-12-19(24)18(13-16)21(26)23(17-9-6-10-17)14-15-7-4-3-5-8-15/h2-5,7-8,11-13,17,24H,1,6,9-10,14H2,(H,22,25). The van der Waals surface area contributed by atoms with Gasteiger partial charge in [-0.15, -0.1) is 0 Å². The Hall–Kier alpha value is -3.08. The third-order valence-electron chi connectivity index (χ3n) is 4.65. The van der Waals surface area contributed by atoms with Crippen LogP contribution in [0.1, 0.15) is 35.2 Å². The summed E-state index contributed by atoms with van der Waals surface area (Å²) in [6.45, 7) is 3.91. The maximum absolute atomic E-state index is 13.1. The lowest BCUT2D eigenvalue weighted by atomic mass is 9.90. The number of phenols is 1. The number of benzene rings is 2. The Balaban J connectivity index is 1.87. The van der Waals surface area contributed by atoms with Gasteiger partial charge in [0.15, 0.2) is 0 Å². The Kier molecular flexibility index (Phi) is 5.37. The zero-order valence-electron chi connectivity index (χ0n) is 14.5. The van der Waals surface area contributed by atoms with Gasteiger partial charge in [0, 0.05) is 18.3 Å². The molecule has 1 fully saturated rings. The maximum atomic E-state index is 13.1. The van der Waals surface area contributed by atoms with Gasteiger partial charge in [-0.1, -0.05) is 36.9 Å². The van der Waals surface area contributed by atoms with E-state index in [0.717, 1.165) is 30.9 Å². The van der Waals surface area contributed by atoms with Crippen molar-refractivity contribution in [2.24, 2.45) is 0 Å². The molecule has 0 spiro atoms. The van der Waals surface area contributed by atoms with Gasteiger partial charge < -0.3 is 15.3 Å². The van der Waals surface area contributed by atoms with E-state index in [1.165, 1.54) is 12.1 Å². The van der Waals surface area contributed by atoms with Crippen LogP contribution in [0.4, 0.5) is 5.69 Å². The molecule has 2 amide bonds. The fraction of sp³-hybridized carbons (Fsp3) is 0.238. The van der Waals surface area contributed by atoms with Crippen molar-refractivity contribution in [1.82, 2.24) is 4.90 Å². The summed E-state index contributed by atoms with van der Waals surface area (Å²) in [5.74, 6) is -0.691. The fourth-order valence-corrected chi connectivity index (χ4v) is 2.98. The van der Waals surface area contributed by atoms with Crippen LogP contribution in [0.15, 0.2) is 61.2 Å². The van der Waals surface area contributed by atoms with E-state index in [9.17, 15) is 14.7 Å². The molecule has 1 saturated carbocycles. The van der Waals surface area contributed by atoms with Gasteiger partial charge in [-0.25, -0.2) is 0 Å². The van der Waals surface area contributed by atoms with Gasteiger partial charge in [0.2, 0.25) is 5.91 Å². The van der Waals surface area contributed by atoms with Gasteiger partial charge in [-0.3, -0.25) is 9.59 Å². The average molecular weight is 350 g/mol. The molecule has 0 heterocycles. The maximum Gasteiger partial charge on any atom is 0.258 e. The van der Waals surface area contributed by atoms with E-state index < -0.39 is 0 Å². The topological polar surface area (TPSA) is 69.6 Å². The summed E-state index contributed by atoms with van der Waals surface area (Å²) >= 11 is 0. The van der Waals surface area contributed by atoms with E-state index in [-0.39, 0.29) is 29.2 Å². The molecule has 1 aliphatic rings. The highest BCUT2D eigenvalue weighted by atomic mass is 16.3. The number of carbonyl (C=O) groups is 2. The lowest BCUT2D eigenvalue weighted by Crippen LogP contribution is -2.43. The summed E-state index contributed by atoms with van der Waals surface area (Å²) in [5.41, 5.74) is 1.68. The number of nitrogens with one attached hydrogen (secondary N) is 1. The van der Waals surface area contributed by atoms with Crippen molar-refractivity contribution >= 4 is 17.5 Å². The molecule has 0 unspecified atom stereocenters. The van der Waals surface area contributed by atoms with Crippen molar-refractivity contribution in [2.75, 3.05) is 5.32 Å². The first-order valence-electron chi connectivity index (χ1n) is 8.70. The molecule has 5 heteroatoms. The molecule has 0 bridgehead atoms. The quantitative estimate of drug-likeness (QED) is 0.616. The third-order valence-corrected chi connectivity index (χ3v) is 4.65. The number of carbonyl (C=O) groups excluding carboxylic acids is 2. The number of hydrogen-bond donors (Lipinski definition) is 2. The SMILES string of the molecule is C=CC(=O)Nc1ccc(O)c(C(=O)N(Cc2ccccc2)C2CCC2)c1. The minimum absolute atomic E-state index is 0.0935. The van der Waals surface area contributed by atoms with E-state index in [4.69, 9.17) is 0 Å². The Bertz CT molecular complexity index is 813. The van der Waals surface area contributed by atoms with Gasteiger partial charge in [0.05, 0.1) is 5.56 Å². The van der Waals surface area contributed by atoms with Crippen LogP contribution in [0.5, 0.6) is 5.75 Å². The monoisotopic (exact) mass is 350 g/mol. The van der Waals surface area contributed by atoms with Crippen LogP contribution in [-0.4, -0.2) is 27.9 Å². The number of aromatic hydroxyl groups is 1. The largest absolute Gasteiger partial charge is 0.507 e. The van der Waals surface area contributed by atoms with Gasteiger partial charge in [0.25, 0.3) is 5.91 Å². The Morgan fingerprint density at radius 3 is 2.54 bits per heavy atom. The number of phenolic OH excluding ortho intramolecular Hbond substituents is 1. The second-order valence-corrected chi connectivity index (χ2v) is 6.43. The van der Waals surface area contributed by atoms with E-state index in [0.29, 0.717) is 12.2 Å². The summed E-state index contributed by atoms with van der Waals surface area (Å²) in [5, 5.41) is 12.8. The molecule has 134 valence electrons. The molecule has 0 aromatic heterocycles. The highest BCUT2D eigenvalue weighted by Gasteiger charge is 2.30. The summed E-state index contributed by atoms with van der Waals surface area (Å²) in [6.07, 6.45) is 4.19. The van der Waals surface area contributed by atoms with Gasteiger partial charge in [-0.2, -0.15) is 0 Å². The molecular formula is C21H22N2O3. The minimum Gasteiger partial charge on any atom is -0.507 e. The van der Waals surface area contributed by atoms with Crippen LogP contribution in [0.25, 0.3) is 0 Å². The van der Waals surface area contributed by atoms with E-state index in [2.05, 4.69) is 11.9 Å². The van der Waals surface area contributed by atoms with Crippen LogP contribution in [0, 0.1) is 0 Å². The smallest absolute Gasteiger partial charge is 0.258 e. The molecule has 26 heavy (non-hydrogen) atoms. The number of rotatable bonds is 6. The Morgan fingerprint density at radius 1 is 1.19 bits per heavy atom. The second-order valence-electron chi connectivity index (χ2n) is 6.43. The van der Waals surface area contributed by atoms with Crippen molar-refractivity contribution in [1.29, 1.82) is 0 Å². The summed E-state index contributed by atoms with van der Waals surface area (Å²) in [4.78, 5) is 26.5. The number of amides is 2. The van der Waals surface area contributed by atoms with Crippen LogP contribution in [0.2, 0.25) is 0 Å². The Morgan fingerprint density at radius 2 is 1.92 bits per heavy atom. The van der Waals surface area contributed by atoms with Gasteiger partial charge in [0.1, 0.15) is 5.75 Å². The molecule has 5 nitrogen and oxygen atoms in total. The molecule has 2 N–H and O–H groups in total. The molecule has 1 aliphatic carbocycles. The zero-order chi connectivity index (χ0) is 18.5. The molecule has 2 aromatic carbocycles. The summed E-state index contributed by atoms with van der Waals surface area (Å²) in [7, 11) is 0. The van der Waals surface area contributed by atoms with E-state index >= 15 is 0 Å². The highest BCUT2D eigenvalue weighted by molar-refractivity contribution is 6.02. The predicted molar refractivity (Wildman–Crippen MR) is 101 cm³/mol. The molecule has 3 rings (SSSR count). The van der Waals surface area contributed by atoms with E-state index in [1.54, 1.807) is 6.07 Å². The number of hydrogen-bond acceptors (Lipinski definition) is 3. The number of nitrogens with zero attached hydrogens (tertiary/aromatic N) is 1. The van der Waals surface area contributed by atoms with Crippen molar-refractivity contribution in [3.63, 3.8) is 0 Å². The molecular weight excluding hydrogens is 328 g/mol. The summed E-state index contributed by atoms with van der Waals surface area (Å²) in [6, 6.07) is 14.5. The van der Waals surface area contributed by atoms with Crippen LogP contribution in [-0.2, 0) is 11.3 Å². The van der Waals surface area contributed by atoms with Crippen molar-refractivity contribution < 1.29 is 14.7 Å². The first-order valence-corrected chi connectivity index (χ1v) is 8.70. The van der Waals surface area contributed by atoms with Gasteiger partial charge in [-0.05, 0) is 49.1 Å². The Labute approximate surface area is 153 Å². The fourth-order valence-electron chi connectivity index (χ4n) is 2.98. The molecule has 0 atom stereocenters. The van der Waals surface area contributed by atoms with Crippen LogP contribution < -0.4 is 5.32 Å². The van der Waals surface area contributed by atoms with E-state index in [1.807, 2.05) is 35.2 Å². The highest BCUT2D eigenvalue weighted by Crippen LogP contribution is 2.30. The lowest BCUT2D eigenvalue weighted by molar-refractivity contribution is -0.111. The first kappa shape index (κ1) is 17.7. The minimum atomic E-state index is -0.366. The van der Waals surface area contributed by atoms with Crippen molar-refractivity contribution in [2.45, 2.75) is 31.8 Å². The van der Waals surface area contributed by atoms with Crippen molar-refractivity contribution in [3.8, 4) is 5.75 Å². The molecule has 0 saturated heterocycles. The molecule has 2 aromatic rings. The zero-order valence-corrected chi connectivity index (χ0v) is 14.5. The second kappa shape index (κ2) is 7.87. The normalized spacial score (nSPS) is 13.5. The third kappa shape index (κ3) is 3.94. The molecule has 0 radical (unpaired) electrons. The van der Waals surface area contributed by atoms with Gasteiger partial charge >= 0.3 is 0 Å². The predicted octanol–water partition coefficient (Wildman–Crippen LogP) is 3.71. The molecule has 0 aliphatic heterocycles. The van der Waals surface area contributed by atoms with Crippen LogP contribution >= 0.6 is 0 Å². The summed E-state index contributed by atoms with van der Waals surface area (Å²) < 4.78 is 0. The van der Waals surface area contributed by atoms with Crippen molar-refractivity contribution in [3.05, 3.63) is 72.3 Å². The number of anilines is 1. The van der Waals surface area contributed by atoms with Crippen LogP contribution in [0.3, 0.4) is 0 Å². The average Bonchev–Trinajstić information content (AvgIpc) is 2.61. The first-order chi connectivity index (χ1) is 12.6.